The Kier molecular flexibility index (Phi) is 4.89. The first kappa shape index (κ1) is 18.6. The first-order valence-corrected chi connectivity index (χ1v) is 10.0. The molecule has 1 aromatic heterocycles. The summed E-state index contributed by atoms with van der Waals surface area (Å²) in [6, 6.07) is 5.79. The van der Waals surface area contributed by atoms with Crippen LogP contribution in [-0.2, 0) is 22.4 Å². The van der Waals surface area contributed by atoms with Gasteiger partial charge in [0.05, 0.1) is 10.8 Å². The summed E-state index contributed by atoms with van der Waals surface area (Å²) in [5.74, 6) is -1.93. The van der Waals surface area contributed by atoms with Gasteiger partial charge in [0.15, 0.2) is 0 Å². The highest BCUT2D eigenvalue weighted by Crippen LogP contribution is 2.33. The second-order valence-corrected chi connectivity index (χ2v) is 8.52. The molecule has 146 valence electrons. The number of carbonyl (C=O) groups is 3. The number of anilines is 1. The maximum Gasteiger partial charge on any atom is 0.279 e. The molecule has 1 aliphatic carbocycles. The number of rotatable bonds is 2. The van der Waals surface area contributed by atoms with Crippen molar-refractivity contribution in [2.75, 3.05) is 5.32 Å². The Hall–Kier alpha value is -2.74. The highest BCUT2D eigenvalue weighted by molar-refractivity contribution is 7.14. The SMILES string of the molecule is CC1CCc2sc(C(=O)NNC(=O)C3CC(=O)Nc4cc(F)ccc43)cc2C1. The standard InChI is InChI=1S/C20H20FN3O3S/c1-10-2-5-16-11(6-10)7-17(28-16)20(27)24-23-19(26)14-9-18(25)22-15-8-12(21)3-4-13(14)15/h3-4,7-8,10,14H,2,5-6,9H2,1H3,(H,22,25)(H,23,26)(H,24,27). The lowest BCUT2D eigenvalue weighted by atomic mass is 9.90. The predicted octanol–water partition coefficient (Wildman–Crippen LogP) is 2.90. The molecule has 0 bridgehead atoms. The van der Waals surface area contributed by atoms with Crippen molar-refractivity contribution in [3.05, 3.63) is 51.0 Å². The van der Waals surface area contributed by atoms with Crippen molar-refractivity contribution in [2.45, 2.75) is 38.5 Å². The average molecular weight is 401 g/mol. The first-order valence-electron chi connectivity index (χ1n) is 9.22. The molecule has 3 N–H and O–H groups in total. The van der Waals surface area contributed by atoms with Crippen molar-refractivity contribution < 1.29 is 18.8 Å². The summed E-state index contributed by atoms with van der Waals surface area (Å²) in [6.45, 7) is 2.20. The quantitative estimate of drug-likeness (QED) is 0.676. The van der Waals surface area contributed by atoms with Crippen LogP contribution in [0.25, 0.3) is 0 Å². The molecule has 0 radical (unpaired) electrons. The molecule has 0 saturated carbocycles. The van der Waals surface area contributed by atoms with Gasteiger partial charge in [-0.1, -0.05) is 13.0 Å². The molecule has 1 aromatic carbocycles. The van der Waals surface area contributed by atoms with Crippen LogP contribution in [0, 0.1) is 11.7 Å². The number of halogens is 1. The van der Waals surface area contributed by atoms with Crippen LogP contribution in [0.2, 0.25) is 0 Å². The minimum absolute atomic E-state index is 0.0640. The zero-order chi connectivity index (χ0) is 19.8. The van der Waals surface area contributed by atoms with Crippen LogP contribution in [0.5, 0.6) is 0 Å². The van der Waals surface area contributed by atoms with E-state index in [1.54, 1.807) is 0 Å². The molecule has 0 spiro atoms. The zero-order valence-electron chi connectivity index (χ0n) is 15.3. The monoisotopic (exact) mass is 401 g/mol. The van der Waals surface area contributed by atoms with E-state index < -0.39 is 17.6 Å². The van der Waals surface area contributed by atoms with Crippen LogP contribution in [0.3, 0.4) is 0 Å². The third kappa shape index (κ3) is 3.64. The van der Waals surface area contributed by atoms with E-state index in [4.69, 9.17) is 0 Å². The molecule has 2 unspecified atom stereocenters. The number of thiophene rings is 1. The molecule has 3 amide bonds. The van der Waals surface area contributed by atoms with Crippen LogP contribution in [0.1, 0.15) is 51.4 Å². The van der Waals surface area contributed by atoms with Crippen molar-refractivity contribution >= 4 is 34.7 Å². The molecule has 0 saturated heterocycles. The minimum atomic E-state index is -0.790. The summed E-state index contributed by atoms with van der Waals surface area (Å²) >= 11 is 1.45. The van der Waals surface area contributed by atoms with Gasteiger partial charge in [-0.15, -0.1) is 11.3 Å². The molecule has 2 aliphatic rings. The molecular formula is C20H20FN3O3S. The van der Waals surface area contributed by atoms with E-state index in [-0.39, 0.29) is 23.9 Å². The van der Waals surface area contributed by atoms with E-state index in [2.05, 4.69) is 23.1 Å². The van der Waals surface area contributed by atoms with Crippen molar-refractivity contribution in [1.29, 1.82) is 0 Å². The Morgan fingerprint density at radius 1 is 1.21 bits per heavy atom. The normalized spacial score (nSPS) is 20.6. The summed E-state index contributed by atoms with van der Waals surface area (Å²) in [6.07, 6.45) is 3.00. The third-order valence-corrected chi connectivity index (χ3v) is 6.46. The molecular weight excluding hydrogens is 381 g/mol. The summed E-state index contributed by atoms with van der Waals surface area (Å²) in [4.78, 5) is 38.7. The number of benzene rings is 1. The van der Waals surface area contributed by atoms with Crippen LogP contribution in [0.4, 0.5) is 10.1 Å². The molecule has 1 aliphatic heterocycles. The fraction of sp³-hybridized carbons (Fsp3) is 0.350. The van der Waals surface area contributed by atoms with Crippen molar-refractivity contribution in [2.24, 2.45) is 5.92 Å². The maximum atomic E-state index is 13.4. The average Bonchev–Trinajstić information content (AvgIpc) is 3.08. The molecule has 6 nitrogen and oxygen atoms in total. The Bertz CT molecular complexity index is 972. The number of hydrazine groups is 1. The van der Waals surface area contributed by atoms with Gasteiger partial charge in [0, 0.05) is 17.0 Å². The number of carbonyl (C=O) groups excluding carboxylic acids is 3. The largest absolute Gasteiger partial charge is 0.326 e. The first-order chi connectivity index (χ1) is 13.4. The van der Waals surface area contributed by atoms with Crippen molar-refractivity contribution in [3.63, 3.8) is 0 Å². The fourth-order valence-corrected chi connectivity index (χ4v) is 4.86. The van der Waals surface area contributed by atoms with Crippen LogP contribution in [-0.4, -0.2) is 17.7 Å². The van der Waals surface area contributed by atoms with Crippen LogP contribution >= 0.6 is 11.3 Å². The summed E-state index contributed by atoms with van der Waals surface area (Å²) in [5.41, 5.74) is 6.86. The van der Waals surface area contributed by atoms with Crippen LogP contribution in [0.15, 0.2) is 24.3 Å². The van der Waals surface area contributed by atoms with E-state index in [0.717, 1.165) is 19.3 Å². The van der Waals surface area contributed by atoms with Gasteiger partial charge in [-0.3, -0.25) is 25.2 Å². The maximum absolute atomic E-state index is 13.4. The number of nitrogens with one attached hydrogen (secondary N) is 3. The highest BCUT2D eigenvalue weighted by atomic mass is 32.1. The number of amides is 3. The molecule has 2 aromatic rings. The van der Waals surface area contributed by atoms with Gasteiger partial charge in [0.2, 0.25) is 11.8 Å². The molecule has 28 heavy (non-hydrogen) atoms. The summed E-state index contributed by atoms with van der Waals surface area (Å²) in [5, 5.41) is 2.56. The Morgan fingerprint density at radius 3 is 2.86 bits per heavy atom. The second kappa shape index (κ2) is 7.35. The topological polar surface area (TPSA) is 87.3 Å². The van der Waals surface area contributed by atoms with Crippen molar-refractivity contribution in [1.82, 2.24) is 10.9 Å². The lowest BCUT2D eigenvalue weighted by Gasteiger charge is -2.24. The van der Waals surface area contributed by atoms with E-state index >= 15 is 0 Å². The van der Waals surface area contributed by atoms with E-state index in [1.807, 2.05) is 6.07 Å². The molecule has 2 atom stereocenters. The minimum Gasteiger partial charge on any atom is -0.326 e. The lowest BCUT2D eigenvalue weighted by Crippen LogP contribution is -2.45. The van der Waals surface area contributed by atoms with Gasteiger partial charge in [0.25, 0.3) is 5.91 Å². The van der Waals surface area contributed by atoms with Gasteiger partial charge in [-0.2, -0.15) is 0 Å². The zero-order valence-corrected chi connectivity index (χ0v) is 16.1. The van der Waals surface area contributed by atoms with E-state index in [9.17, 15) is 18.8 Å². The number of fused-ring (bicyclic) bond motifs is 2. The van der Waals surface area contributed by atoms with Crippen LogP contribution < -0.4 is 16.2 Å². The smallest absolute Gasteiger partial charge is 0.279 e. The number of hydrogen-bond acceptors (Lipinski definition) is 4. The Balaban J connectivity index is 1.44. The third-order valence-electron chi connectivity index (χ3n) is 5.22. The Labute approximate surface area is 165 Å². The molecule has 8 heteroatoms. The molecule has 0 fully saturated rings. The number of aryl methyl sites for hydroxylation is 1. The number of hydrogen-bond donors (Lipinski definition) is 3. The highest BCUT2D eigenvalue weighted by Gasteiger charge is 2.31. The Morgan fingerprint density at radius 2 is 2.04 bits per heavy atom. The van der Waals surface area contributed by atoms with E-state index in [1.165, 1.54) is 40.0 Å². The fourth-order valence-electron chi connectivity index (χ4n) is 3.76. The summed E-state index contributed by atoms with van der Waals surface area (Å²) in [7, 11) is 0. The molecule has 2 heterocycles. The lowest BCUT2D eigenvalue weighted by molar-refractivity contribution is -0.126. The molecule has 4 rings (SSSR count). The van der Waals surface area contributed by atoms with Gasteiger partial charge in [-0.25, -0.2) is 4.39 Å². The van der Waals surface area contributed by atoms with Gasteiger partial charge in [-0.05, 0) is 54.5 Å². The summed E-state index contributed by atoms with van der Waals surface area (Å²) < 4.78 is 13.4. The second-order valence-electron chi connectivity index (χ2n) is 7.39. The van der Waals surface area contributed by atoms with Crippen molar-refractivity contribution in [3.8, 4) is 0 Å². The van der Waals surface area contributed by atoms with Gasteiger partial charge < -0.3 is 5.32 Å². The van der Waals surface area contributed by atoms with Gasteiger partial charge >= 0.3 is 0 Å². The van der Waals surface area contributed by atoms with E-state index in [0.29, 0.717) is 16.4 Å². The predicted molar refractivity (Wildman–Crippen MR) is 104 cm³/mol. The van der Waals surface area contributed by atoms with Gasteiger partial charge in [0.1, 0.15) is 5.82 Å².